The monoisotopic (exact) mass is 305 g/mol. The van der Waals surface area contributed by atoms with Crippen molar-refractivity contribution in [1.29, 1.82) is 0 Å². The largest absolute Gasteiger partial charge is 0.449 e. The molecule has 1 aliphatic rings. The number of benzene rings is 2. The van der Waals surface area contributed by atoms with Crippen molar-refractivity contribution >= 4 is 15.7 Å². The van der Waals surface area contributed by atoms with Gasteiger partial charge >= 0.3 is 0 Å². The molecule has 110 valence electrons. The van der Waals surface area contributed by atoms with Crippen LogP contribution in [0.2, 0.25) is 0 Å². The predicted molar refractivity (Wildman–Crippen MR) is 79.0 cm³/mol. The van der Waals surface area contributed by atoms with Crippen LogP contribution in [0.15, 0.2) is 53.4 Å². The molecule has 0 atom stereocenters. The van der Waals surface area contributed by atoms with Crippen molar-refractivity contribution in [2.24, 2.45) is 0 Å². The molecule has 0 aliphatic carbocycles. The van der Waals surface area contributed by atoms with Crippen molar-refractivity contribution in [2.75, 3.05) is 4.72 Å². The molecule has 0 radical (unpaired) electrons. The summed E-state index contributed by atoms with van der Waals surface area (Å²) in [6.45, 7) is 3.53. The molecule has 2 aromatic rings. The molecule has 2 aromatic carbocycles. The number of hydrogen-bond donors (Lipinski definition) is 1. The van der Waals surface area contributed by atoms with Crippen molar-refractivity contribution < 1.29 is 17.9 Å². The second kappa shape index (κ2) is 4.66. The van der Waals surface area contributed by atoms with Crippen LogP contribution < -0.4 is 14.2 Å². The number of ether oxygens (including phenoxy) is 2. The minimum atomic E-state index is -3.66. The molecule has 0 fully saturated rings. The zero-order valence-electron chi connectivity index (χ0n) is 11.7. The fraction of sp³-hybridized carbons (Fsp3) is 0.200. The zero-order valence-corrected chi connectivity index (χ0v) is 12.5. The number of para-hydroxylation sites is 1. The summed E-state index contributed by atoms with van der Waals surface area (Å²) in [4.78, 5) is 0.131. The van der Waals surface area contributed by atoms with E-state index in [2.05, 4.69) is 4.72 Å². The molecule has 6 heteroatoms. The zero-order chi connectivity index (χ0) is 15.1. The minimum Gasteiger partial charge on any atom is -0.449 e. The molecule has 1 N–H and O–H groups in total. The third-order valence-corrected chi connectivity index (χ3v) is 4.34. The maximum Gasteiger partial charge on any atom is 0.262 e. The Kier molecular flexibility index (Phi) is 3.06. The highest BCUT2D eigenvalue weighted by molar-refractivity contribution is 7.92. The minimum absolute atomic E-state index is 0.131. The highest BCUT2D eigenvalue weighted by Crippen LogP contribution is 2.40. The van der Waals surface area contributed by atoms with E-state index in [-0.39, 0.29) is 4.90 Å². The fourth-order valence-corrected chi connectivity index (χ4v) is 3.16. The lowest BCUT2D eigenvalue weighted by molar-refractivity contribution is -0.0432. The lowest BCUT2D eigenvalue weighted by Crippen LogP contribution is -2.29. The maximum absolute atomic E-state index is 12.4. The van der Waals surface area contributed by atoms with Gasteiger partial charge in [0.25, 0.3) is 10.0 Å². The third kappa shape index (κ3) is 2.80. The number of anilines is 1. The van der Waals surface area contributed by atoms with Crippen LogP contribution in [0.4, 0.5) is 5.69 Å². The van der Waals surface area contributed by atoms with E-state index >= 15 is 0 Å². The Hall–Kier alpha value is -2.21. The number of fused-ring (bicyclic) bond motifs is 1. The number of hydrogen-bond acceptors (Lipinski definition) is 4. The maximum atomic E-state index is 12.4. The van der Waals surface area contributed by atoms with E-state index in [0.29, 0.717) is 17.2 Å². The molecule has 1 heterocycles. The van der Waals surface area contributed by atoms with Gasteiger partial charge in [-0.2, -0.15) is 0 Å². The van der Waals surface area contributed by atoms with Crippen LogP contribution in [0.25, 0.3) is 0 Å². The second-order valence-electron chi connectivity index (χ2n) is 5.18. The Morgan fingerprint density at radius 2 is 1.62 bits per heavy atom. The van der Waals surface area contributed by atoms with Gasteiger partial charge in [-0.3, -0.25) is 4.72 Å². The normalized spacial score (nSPS) is 15.7. The summed E-state index contributed by atoms with van der Waals surface area (Å²) in [6.07, 6.45) is 0. The SMILES string of the molecule is CC1(C)Oc2ccc(S(=O)(=O)Nc3ccccc3)cc2O1. The second-order valence-corrected chi connectivity index (χ2v) is 6.87. The van der Waals surface area contributed by atoms with Crippen LogP contribution in [0.5, 0.6) is 11.5 Å². The quantitative estimate of drug-likeness (QED) is 0.946. The highest BCUT2D eigenvalue weighted by Gasteiger charge is 2.32. The summed E-state index contributed by atoms with van der Waals surface area (Å²) in [5.41, 5.74) is 0.510. The molecule has 21 heavy (non-hydrogen) atoms. The first-order valence-electron chi connectivity index (χ1n) is 6.46. The van der Waals surface area contributed by atoms with Gasteiger partial charge in [-0.25, -0.2) is 8.42 Å². The Morgan fingerprint density at radius 3 is 2.33 bits per heavy atom. The van der Waals surface area contributed by atoms with Crippen molar-refractivity contribution in [1.82, 2.24) is 0 Å². The van der Waals surface area contributed by atoms with Crippen molar-refractivity contribution in [3.05, 3.63) is 48.5 Å². The molecule has 3 rings (SSSR count). The molecule has 0 bridgehead atoms. The number of sulfonamides is 1. The van der Waals surface area contributed by atoms with E-state index in [4.69, 9.17) is 9.47 Å². The summed E-state index contributed by atoms with van der Waals surface area (Å²) in [6, 6.07) is 13.3. The van der Waals surface area contributed by atoms with E-state index in [1.54, 1.807) is 44.2 Å². The summed E-state index contributed by atoms with van der Waals surface area (Å²) < 4.78 is 38.3. The average molecular weight is 305 g/mol. The molecule has 0 saturated heterocycles. The van der Waals surface area contributed by atoms with Crippen LogP contribution in [0.3, 0.4) is 0 Å². The smallest absolute Gasteiger partial charge is 0.262 e. The predicted octanol–water partition coefficient (Wildman–Crippen LogP) is 2.99. The van der Waals surface area contributed by atoms with E-state index < -0.39 is 15.8 Å². The van der Waals surface area contributed by atoms with Gasteiger partial charge in [0.2, 0.25) is 5.79 Å². The molecular formula is C15H15NO4S. The van der Waals surface area contributed by atoms with Gasteiger partial charge in [-0.15, -0.1) is 0 Å². The van der Waals surface area contributed by atoms with E-state index in [0.717, 1.165) is 0 Å². The molecule has 0 aromatic heterocycles. The standard InChI is InChI=1S/C15H15NO4S/c1-15(2)19-13-9-8-12(10-14(13)20-15)21(17,18)16-11-6-4-3-5-7-11/h3-10,16H,1-2H3. The van der Waals surface area contributed by atoms with Gasteiger partial charge in [0, 0.05) is 25.6 Å². The van der Waals surface area contributed by atoms with Crippen LogP contribution in [-0.4, -0.2) is 14.2 Å². The van der Waals surface area contributed by atoms with Gasteiger partial charge in [-0.05, 0) is 24.3 Å². The molecule has 0 spiro atoms. The Bertz CT molecular complexity index is 770. The average Bonchev–Trinajstić information content (AvgIpc) is 2.72. The van der Waals surface area contributed by atoms with Gasteiger partial charge in [-0.1, -0.05) is 18.2 Å². The van der Waals surface area contributed by atoms with Crippen LogP contribution in [-0.2, 0) is 10.0 Å². The molecular weight excluding hydrogens is 290 g/mol. The Morgan fingerprint density at radius 1 is 0.952 bits per heavy atom. The number of nitrogens with one attached hydrogen (secondary N) is 1. The summed E-state index contributed by atoms with van der Waals surface area (Å²) in [7, 11) is -3.66. The Balaban J connectivity index is 1.91. The molecule has 1 aliphatic heterocycles. The third-order valence-electron chi connectivity index (χ3n) is 2.96. The Labute approximate surface area is 123 Å². The van der Waals surface area contributed by atoms with Crippen molar-refractivity contribution in [3.8, 4) is 11.5 Å². The van der Waals surface area contributed by atoms with Crippen LogP contribution >= 0.6 is 0 Å². The summed E-state index contributed by atoms with van der Waals surface area (Å²) in [5.74, 6) is 0.187. The molecule has 5 nitrogen and oxygen atoms in total. The molecule has 0 unspecified atom stereocenters. The van der Waals surface area contributed by atoms with Gasteiger partial charge in [0.15, 0.2) is 11.5 Å². The first-order chi connectivity index (χ1) is 9.86. The molecule has 0 saturated carbocycles. The van der Waals surface area contributed by atoms with Crippen LogP contribution in [0.1, 0.15) is 13.8 Å². The van der Waals surface area contributed by atoms with Gasteiger partial charge in [0.1, 0.15) is 0 Å². The lowest BCUT2D eigenvalue weighted by Gasteiger charge is -2.16. The topological polar surface area (TPSA) is 64.6 Å². The fourth-order valence-electron chi connectivity index (χ4n) is 2.09. The van der Waals surface area contributed by atoms with Gasteiger partial charge < -0.3 is 9.47 Å². The molecule has 0 amide bonds. The summed E-state index contributed by atoms with van der Waals surface area (Å²) in [5, 5.41) is 0. The first kappa shape index (κ1) is 13.8. The summed E-state index contributed by atoms with van der Waals surface area (Å²) >= 11 is 0. The van der Waals surface area contributed by atoms with E-state index in [1.807, 2.05) is 6.07 Å². The van der Waals surface area contributed by atoms with E-state index in [1.165, 1.54) is 12.1 Å². The van der Waals surface area contributed by atoms with E-state index in [9.17, 15) is 8.42 Å². The van der Waals surface area contributed by atoms with Crippen molar-refractivity contribution in [2.45, 2.75) is 24.5 Å². The first-order valence-corrected chi connectivity index (χ1v) is 7.94. The number of rotatable bonds is 3. The van der Waals surface area contributed by atoms with Gasteiger partial charge in [0.05, 0.1) is 4.90 Å². The lowest BCUT2D eigenvalue weighted by atomic mass is 10.3. The highest BCUT2D eigenvalue weighted by atomic mass is 32.2. The van der Waals surface area contributed by atoms with Crippen molar-refractivity contribution in [3.63, 3.8) is 0 Å². The van der Waals surface area contributed by atoms with Crippen LogP contribution in [0, 0.1) is 0 Å².